The van der Waals surface area contributed by atoms with Gasteiger partial charge in [-0.1, -0.05) is 38.1 Å². The number of rotatable bonds is 8. The fourth-order valence-corrected chi connectivity index (χ4v) is 2.19. The lowest BCUT2D eigenvalue weighted by molar-refractivity contribution is -0.380. The molecule has 154 valence electrons. The summed E-state index contributed by atoms with van der Waals surface area (Å²) < 4.78 is 91.1. The Balaban J connectivity index is 3.03. The molecule has 27 heavy (non-hydrogen) atoms. The van der Waals surface area contributed by atoms with Crippen molar-refractivity contribution in [3.8, 4) is 0 Å². The molecule has 0 saturated heterocycles. The molecular formula is C17H20F6O4. The van der Waals surface area contributed by atoms with E-state index in [2.05, 4.69) is 14.2 Å². The molecule has 1 rings (SSSR count). The second-order valence-electron chi connectivity index (χ2n) is 5.85. The number of alkyl halides is 6. The third-order valence-corrected chi connectivity index (χ3v) is 4.01. The van der Waals surface area contributed by atoms with Gasteiger partial charge < -0.3 is 14.2 Å². The largest absolute Gasteiger partial charge is 0.458 e. The highest BCUT2D eigenvalue weighted by Gasteiger charge is 2.78. The van der Waals surface area contributed by atoms with Gasteiger partial charge in [-0.25, -0.2) is 4.79 Å². The van der Waals surface area contributed by atoms with Gasteiger partial charge in [-0.2, -0.15) is 26.3 Å². The molecule has 1 aromatic rings. The second kappa shape index (κ2) is 8.92. The fourth-order valence-electron chi connectivity index (χ4n) is 2.19. The van der Waals surface area contributed by atoms with Crippen molar-refractivity contribution in [2.45, 2.75) is 50.7 Å². The van der Waals surface area contributed by atoms with Crippen LogP contribution in [0.3, 0.4) is 0 Å². The van der Waals surface area contributed by atoms with Crippen molar-refractivity contribution in [1.82, 2.24) is 0 Å². The normalized spacial score (nSPS) is 14.1. The van der Waals surface area contributed by atoms with Gasteiger partial charge in [0.05, 0.1) is 0 Å². The van der Waals surface area contributed by atoms with Gasteiger partial charge >= 0.3 is 23.9 Å². The minimum atomic E-state index is -6.10. The Kier molecular flexibility index (Phi) is 7.67. The Hall–Kier alpha value is -1.81. The van der Waals surface area contributed by atoms with E-state index in [-0.39, 0.29) is 11.5 Å². The number of hydrogen-bond acceptors (Lipinski definition) is 4. The fraction of sp³-hybridized carbons (Fsp3) is 0.588. The SMILES string of the molecule is CCC(C)c1ccc(COC(=O)C(OCOC)(C(F)(F)F)C(F)(F)F)cc1. The first-order valence-electron chi connectivity index (χ1n) is 7.93. The molecule has 0 spiro atoms. The van der Waals surface area contributed by atoms with E-state index < -0.39 is 37.3 Å². The zero-order valence-electron chi connectivity index (χ0n) is 14.9. The maximum Gasteiger partial charge on any atom is 0.437 e. The van der Waals surface area contributed by atoms with Gasteiger partial charge in [0.2, 0.25) is 0 Å². The van der Waals surface area contributed by atoms with E-state index in [0.717, 1.165) is 19.1 Å². The minimum absolute atomic E-state index is 0.229. The molecule has 0 amide bonds. The van der Waals surface area contributed by atoms with Crippen LogP contribution in [-0.2, 0) is 25.6 Å². The lowest BCUT2D eigenvalue weighted by Crippen LogP contribution is -2.64. The first-order valence-corrected chi connectivity index (χ1v) is 7.93. The van der Waals surface area contributed by atoms with Crippen molar-refractivity contribution >= 4 is 5.97 Å². The molecule has 0 bridgehead atoms. The Morgan fingerprint density at radius 3 is 1.96 bits per heavy atom. The Bertz CT molecular complexity index is 595. The van der Waals surface area contributed by atoms with E-state index in [4.69, 9.17) is 0 Å². The van der Waals surface area contributed by atoms with Crippen LogP contribution in [0.15, 0.2) is 24.3 Å². The van der Waals surface area contributed by atoms with Crippen LogP contribution in [0.4, 0.5) is 26.3 Å². The van der Waals surface area contributed by atoms with Crippen molar-refractivity contribution < 1.29 is 45.3 Å². The predicted molar refractivity (Wildman–Crippen MR) is 82.7 cm³/mol. The summed E-state index contributed by atoms with van der Waals surface area (Å²) in [6, 6.07) is 6.26. The van der Waals surface area contributed by atoms with E-state index >= 15 is 0 Å². The lowest BCUT2D eigenvalue weighted by atomic mass is 9.98. The van der Waals surface area contributed by atoms with E-state index in [0.29, 0.717) is 0 Å². The molecule has 10 heteroatoms. The van der Waals surface area contributed by atoms with Crippen LogP contribution in [0.25, 0.3) is 0 Å². The standard InChI is InChI=1S/C17H20F6O4/c1-4-11(2)13-7-5-12(6-8-13)9-26-14(24)15(16(18,19)20,17(21,22)23)27-10-25-3/h5-8,11H,4,9-10H2,1-3H3. The topological polar surface area (TPSA) is 44.8 Å². The molecule has 0 aliphatic heterocycles. The van der Waals surface area contributed by atoms with Crippen LogP contribution in [0.5, 0.6) is 0 Å². The van der Waals surface area contributed by atoms with Crippen LogP contribution in [0.2, 0.25) is 0 Å². The Labute approximate surface area is 152 Å². The zero-order chi connectivity index (χ0) is 20.9. The minimum Gasteiger partial charge on any atom is -0.458 e. The molecule has 1 unspecified atom stereocenters. The third kappa shape index (κ3) is 5.13. The number of methoxy groups -OCH3 is 1. The number of benzene rings is 1. The molecule has 0 radical (unpaired) electrons. The highest BCUT2D eigenvalue weighted by Crippen LogP contribution is 2.47. The molecule has 0 aliphatic rings. The summed E-state index contributed by atoms with van der Waals surface area (Å²) in [4.78, 5) is 11.8. The predicted octanol–water partition coefficient (Wildman–Crippen LogP) is 4.73. The van der Waals surface area contributed by atoms with E-state index in [1.807, 2.05) is 13.8 Å². The number of ether oxygens (including phenoxy) is 3. The number of carbonyl (C=O) groups excluding carboxylic acids is 1. The monoisotopic (exact) mass is 402 g/mol. The molecular weight excluding hydrogens is 382 g/mol. The summed E-state index contributed by atoms with van der Waals surface area (Å²) in [6.07, 6.45) is -11.3. The third-order valence-electron chi connectivity index (χ3n) is 4.01. The second-order valence-corrected chi connectivity index (χ2v) is 5.85. The summed E-state index contributed by atoms with van der Waals surface area (Å²) in [7, 11) is 0.821. The molecule has 1 atom stereocenters. The molecule has 0 N–H and O–H groups in total. The average molecular weight is 402 g/mol. The molecule has 0 saturated carbocycles. The Morgan fingerprint density at radius 2 is 1.56 bits per heavy atom. The smallest absolute Gasteiger partial charge is 0.437 e. The van der Waals surface area contributed by atoms with Crippen molar-refractivity contribution in [1.29, 1.82) is 0 Å². The molecule has 0 heterocycles. The van der Waals surface area contributed by atoms with Crippen LogP contribution in [0.1, 0.15) is 37.3 Å². The van der Waals surface area contributed by atoms with Crippen LogP contribution in [0, 0.1) is 0 Å². The average Bonchev–Trinajstić information content (AvgIpc) is 2.57. The summed E-state index contributed by atoms with van der Waals surface area (Å²) in [5.41, 5.74) is -3.96. The van der Waals surface area contributed by atoms with Gasteiger partial charge in [0.25, 0.3) is 0 Å². The van der Waals surface area contributed by atoms with E-state index in [1.165, 1.54) is 12.1 Å². The number of hydrogen-bond donors (Lipinski definition) is 0. The summed E-state index contributed by atoms with van der Waals surface area (Å²) in [5, 5.41) is 0. The van der Waals surface area contributed by atoms with Gasteiger partial charge in [0, 0.05) is 7.11 Å². The van der Waals surface area contributed by atoms with Gasteiger partial charge in [0.15, 0.2) is 0 Å². The van der Waals surface area contributed by atoms with Crippen LogP contribution < -0.4 is 0 Å². The van der Waals surface area contributed by atoms with Gasteiger partial charge in [-0.3, -0.25) is 0 Å². The van der Waals surface area contributed by atoms with Crippen molar-refractivity contribution in [2.75, 3.05) is 13.9 Å². The maximum atomic E-state index is 13.2. The molecule has 0 aliphatic carbocycles. The quantitative estimate of drug-likeness (QED) is 0.358. The van der Waals surface area contributed by atoms with Crippen molar-refractivity contribution in [3.63, 3.8) is 0 Å². The summed E-state index contributed by atoms with van der Waals surface area (Å²) in [6.45, 7) is 1.75. The Morgan fingerprint density at radius 1 is 1.04 bits per heavy atom. The van der Waals surface area contributed by atoms with Gasteiger partial charge in [0.1, 0.15) is 13.4 Å². The first kappa shape index (κ1) is 23.2. The molecule has 0 aromatic heterocycles. The highest BCUT2D eigenvalue weighted by molar-refractivity contribution is 5.82. The van der Waals surface area contributed by atoms with Crippen LogP contribution >= 0.6 is 0 Å². The molecule has 4 nitrogen and oxygen atoms in total. The molecule has 1 aromatic carbocycles. The van der Waals surface area contributed by atoms with Crippen molar-refractivity contribution in [3.05, 3.63) is 35.4 Å². The van der Waals surface area contributed by atoms with Gasteiger partial charge in [-0.05, 0) is 23.5 Å². The van der Waals surface area contributed by atoms with Crippen molar-refractivity contribution in [2.24, 2.45) is 0 Å². The van der Waals surface area contributed by atoms with E-state index in [9.17, 15) is 31.1 Å². The first-order chi connectivity index (χ1) is 12.4. The summed E-state index contributed by atoms with van der Waals surface area (Å²) >= 11 is 0. The maximum absolute atomic E-state index is 13.2. The highest BCUT2D eigenvalue weighted by atomic mass is 19.4. The molecule has 0 fully saturated rings. The van der Waals surface area contributed by atoms with E-state index in [1.54, 1.807) is 12.1 Å². The number of carbonyl (C=O) groups is 1. The lowest BCUT2D eigenvalue weighted by Gasteiger charge is -2.34. The van der Waals surface area contributed by atoms with Gasteiger partial charge in [-0.15, -0.1) is 0 Å². The zero-order valence-corrected chi connectivity index (χ0v) is 14.9. The summed E-state index contributed by atoms with van der Waals surface area (Å²) in [5.74, 6) is -2.38. The number of esters is 1. The van der Waals surface area contributed by atoms with Crippen LogP contribution in [-0.4, -0.2) is 37.8 Å². The number of halogens is 6.